The highest BCUT2D eigenvalue weighted by Crippen LogP contribution is 2.38. The number of hydrogen-bond donors (Lipinski definition) is 2. The normalized spacial score (nSPS) is 17.3. The average molecular weight is 300 g/mol. The largest absolute Gasteiger partial charge is 0.390 e. The zero-order valence-electron chi connectivity index (χ0n) is 12.4. The molecule has 1 aliphatic rings. The fourth-order valence-electron chi connectivity index (χ4n) is 2.94. The second-order valence-corrected chi connectivity index (χ2v) is 7.05. The molecule has 1 aromatic heterocycles. The van der Waals surface area contributed by atoms with Crippen molar-refractivity contribution in [3.63, 3.8) is 0 Å². The zero-order chi connectivity index (χ0) is 15.0. The van der Waals surface area contributed by atoms with Gasteiger partial charge in [-0.15, -0.1) is 11.3 Å². The van der Waals surface area contributed by atoms with Crippen LogP contribution in [0.25, 0.3) is 0 Å². The van der Waals surface area contributed by atoms with Crippen LogP contribution in [0, 0.1) is 12.8 Å². The van der Waals surface area contributed by atoms with Crippen LogP contribution in [-0.4, -0.2) is 5.91 Å². The van der Waals surface area contributed by atoms with E-state index in [-0.39, 0.29) is 5.91 Å². The maximum atomic E-state index is 12.6. The van der Waals surface area contributed by atoms with Crippen molar-refractivity contribution in [1.29, 1.82) is 0 Å². The Morgan fingerprint density at radius 1 is 1.43 bits per heavy atom. The molecule has 3 N–H and O–H groups in total. The van der Waals surface area contributed by atoms with Crippen molar-refractivity contribution in [3.8, 4) is 0 Å². The average Bonchev–Trinajstić information content (AvgIpc) is 2.73. The highest BCUT2D eigenvalue weighted by molar-refractivity contribution is 7.16. The first-order valence-electron chi connectivity index (χ1n) is 7.32. The smallest absolute Gasteiger partial charge is 0.258 e. The molecule has 1 amide bonds. The Labute approximate surface area is 129 Å². The number of fused-ring (bicyclic) bond motifs is 1. The predicted molar refractivity (Wildman–Crippen MR) is 89.1 cm³/mol. The van der Waals surface area contributed by atoms with Gasteiger partial charge in [0.2, 0.25) is 0 Å². The number of nitrogens with two attached hydrogens (primary N) is 1. The van der Waals surface area contributed by atoms with Crippen molar-refractivity contribution >= 4 is 27.9 Å². The molecule has 3 rings (SSSR count). The molecule has 0 aliphatic heterocycles. The van der Waals surface area contributed by atoms with Gasteiger partial charge in [-0.05, 0) is 55.4 Å². The summed E-state index contributed by atoms with van der Waals surface area (Å²) < 4.78 is 0. The van der Waals surface area contributed by atoms with Crippen molar-refractivity contribution in [2.24, 2.45) is 5.92 Å². The first-order valence-corrected chi connectivity index (χ1v) is 8.14. The van der Waals surface area contributed by atoms with E-state index < -0.39 is 0 Å². The van der Waals surface area contributed by atoms with Crippen molar-refractivity contribution < 1.29 is 4.79 Å². The van der Waals surface area contributed by atoms with E-state index in [1.54, 1.807) is 11.3 Å². The Balaban J connectivity index is 1.88. The number of amides is 1. The quantitative estimate of drug-likeness (QED) is 0.880. The number of rotatable bonds is 2. The predicted octanol–water partition coefficient (Wildman–Crippen LogP) is 4.02. The molecule has 0 radical (unpaired) electrons. The number of benzene rings is 1. The summed E-state index contributed by atoms with van der Waals surface area (Å²) in [5.74, 6) is 0.605. The standard InChI is InChI=1S/C17H20N2OS/c1-10-4-3-5-12(8-10)19-17(20)15-13-7-6-11(2)9-14(13)21-16(15)18/h3-5,8,11H,6-7,9,18H2,1-2H3,(H,19,20)/t11-/m0/s1. The number of hydrogen-bond acceptors (Lipinski definition) is 3. The molecular formula is C17H20N2OS. The number of nitrogen functional groups attached to an aromatic ring is 1. The van der Waals surface area contributed by atoms with Crippen molar-refractivity contribution in [2.75, 3.05) is 11.1 Å². The molecule has 0 saturated heterocycles. The van der Waals surface area contributed by atoms with Gasteiger partial charge in [0.15, 0.2) is 0 Å². The van der Waals surface area contributed by atoms with Crippen LogP contribution in [0.5, 0.6) is 0 Å². The molecule has 0 saturated carbocycles. The van der Waals surface area contributed by atoms with Crippen LogP contribution in [0.3, 0.4) is 0 Å². The van der Waals surface area contributed by atoms with Crippen LogP contribution in [0.15, 0.2) is 24.3 Å². The van der Waals surface area contributed by atoms with Crippen LogP contribution in [-0.2, 0) is 12.8 Å². The van der Waals surface area contributed by atoms with Crippen LogP contribution >= 0.6 is 11.3 Å². The molecule has 0 fully saturated rings. The third-order valence-electron chi connectivity index (χ3n) is 4.04. The summed E-state index contributed by atoms with van der Waals surface area (Å²) in [6.07, 6.45) is 3.14. The second kappa shape index (κ2) is 5.53. The molecule has 1 atom stereocenters. The van der Waals surface area contributed by atoms with Gasteiger partial charge in [-0.1, -0.05) is 19.1 Å². The van der Waals surface area contributed by atoms with Gasteiger partial charge in [0.1, 0.15) is 0 Å². The molecule has 21 heavy (non-hydrogen) atoms. The molecule has 0 unspecified atom stereocenters. The number of nitrogens with one attached hydrogen (secondary N) is 1. The Hall–Kier alpha value is -1.81. The Bertz CT molecular complexity index is 690. The first-order chi connectivity index (χ1) is 10.0. The van der Waals surface area contributed by atoms with E-state index in [0.29, 0.717) is 16.5 Å². The summed E-state index contributed by atoms with van der Waals surface area (Å²) >= 11 is 1.58. The number of anilines is 2. The lowest BCUT2D eigenvalue weighted by molar-refractivity contribution is 0.102. The Kier molecular flexibility index (Phi) is 3.72. The van der Waals surface area contributed by atoms with Crippen LogP contribution in [0.2, 0.25) is 0 Å². The highest BCUT2D eigenvalue weighted by atomic mass is 32.1. The fraction of sp³-hybridized carbons (Fsp3) is 0.353. The SMILES string of the molecule is Cc1cccc(NC(=O)c2c(N)sc3c2CC[C@H](C)C3)c1. The van der Waals surface area contributed by atoms with Crippen molar-refractivity contribution in [1.82, 2.24) is 0 Å². The van der Waals surface area contributed by atoms with E-state index in [2.05, 4.69) is 12.2 Å². The summed E-state index contributed by atoms with van der Waals surface area (Å²) in [6, 6.07) is 7.83. The summed E-state index contributed by atoms with van der Waals surface area (Å²) in [6.45, 7) is 4.27. The van der Waals surface area contributed by atoms with Gasteiger partial charge < -0.3 is 11.1 Å². The van der Waals surface area contributed by atoms with Gasteiger partial charge in [-0.25, -0.2) is 0 Å². The minimum atomic E-state index is -0.0786. The minimum absolute atomic E-state index is 0.0786. The van der Waals surface area contributed by atoms with Crippen molar-refractivity contribution in [2.45, 2.75) is 33.1 Å². The lowest BCUT2D eigenvalue weighted by Crippen LogP contribution is -2.17. The number of thiophene rings is 1. The van der Waals surface area contributed by atoms with E-state index in [4.69, 9.17) is 5.73 Å². The maximum Gasteiger partial charge on any atom is 0.258 e. The van der Waals surface area contributed by atoms with Gasteiger partial charge >= 0.3 is 0 Å². The molecule has 3 nitrogen and oxygen atoms in total. The molecule has 2 aromatic rings. The minimum Gasteiger partial charge on any atom is -0.390 e. The number of aryl methyl sites for hydroxylation is 1. The van der Waals surface area contributed by atoms with Gasteiger partial charge in [0, 0.05) is 10.6 Å². The first kappa shape index (κ1) is 14.1. The van der Waals surface area contributed by atoms with E-state index in [1.807, 2.05) is 31.2 Å². The van der Waals surface area contributed by atoms with Gasteiger partial charge in [-0.2, -0.15) is 0 Å². The molecule has 1 heterocycles. The molecule has 1 aromatic carbocycles. The summed E-state index contributed by atoms with van der Waals surface area (Å²) in [5.41, 5.74) is 9.92. The highest BCUT2D eigenvalue weighted by Gasteiger charge is 2.26. The van der Waals surface area contributed by atoms with Crippen LogP contribution in [0.4, 0.5) is 10.7 Å². The molecule has 0 bridgehead atoms. The second-order valence-electron chi connectivity index (χ2n) is 5.91. The fourth-order valence-corrected chi connectivity index (χ4v) is 4.22. The van der Waals surface area contributed by atoms with Gasteiger partial charge in [-0.3, -0.25) is 4.79 Å². The van der Waals surface area contributed by atoms with Crippen LogP contribution in [0.1, 0.15) is 39.7 Å². The lowest BCUT2D eigenvalue weighted by Gasteiger charge is -2.18. The van der Waals surface area contributed by atoms with Gasteiger partial charge in [0.05, 0.1) is 10.6 Å². The molecule has 1 aliphatic carbocycles. The maximum absolute atomic E-state index is 12.6. The number of carbonyl (C=O) groups is 1. The summed E-state index contributed by atoms with van der Waals surface area (Å²) in [5, 5.41) is 3.63. The lowest BCUT2D eigenvalue weighted by atomic mass is 9.88. The summed E-state index contributed by atoms with van der Waals surface area (Å²) in [7, 11) is 0. The molecule has 0 spiro atoms. The van der Waals surface area contributed by atoms with Crippen LogP contribution < -0.4 is 11.1 Å². The number of carbonyl (C=O) groups excluding carboxylic acids is 1. The third-order valence-corrected chi connectivity index (χ3v) is 5.13. The van der Waals surface area contributed by atoms with E-state index in [1.165, 1.54) is 10.4 Å². The third kappa shape index (κ3) is 2.81. The van der Waals surface area contributed by atoms with E-state index >= 15 is 0 Å². The Morgan fingerprint density at radius 2 is 2.24 bits per heavy atom. The summed E-state index contributed by atoms with van der Waals surface area (Å²) in [4.78, 5) is 13.9. The Morgan fingerprint density at radius 3 is 3.00 bits per heavy atom. The topological polar surface area (TPSA) is 55.1 Å². The van der Waals surface area contributed by atoms with E-state index in [0.717, 1.165) is 30.5 Å². The van der Waals surface area contributed by atoms with Gasteiger partial charge in [0.25, 0.3) is 5.91 Å². The zero-order valence-corrected chi connectivity index (χ0v) is 13.2. The molecular weight excluding hydrogens is 280 g/mol. The van der Waals surface area contributed by atoms with Crippen molar-refractivity contribution in [3.05, 3.63) is 45.8 Å². The molecule has 110 valence electrons. The van der Waals surface area contributed by atoms with E-state index in [9.17, 15) is 4.79 Å². The molecule has 4 heteroatoms. The monoisotopic (exact) mass is 300 g/mol.